The van der Waals surface area contributed by atoms with E-state index in [2.05, 4.69) is 175 Å². The van der Waals surface area contributed by atoms with Crippen LogP contribution < -0.4 is 0 Å². The molecule has 3 aromatic carbocycles. The van der Waals surface area contributed by atoms with Gasteiger partial charge in [-0.3, -0.25) is 0 Å². The number of oxime groups is 1. The van der Waals surface area contributed by atoms with Gasteiger partial charge in [-0.25, -0.2) is 0 Å². The molecule has 0 bridgehead atoms. The lowest BCUT2D eigenvalue weighted by molar-refractivity contribution is 0.00563. The van der Waals surface area contributed by atoms with Crippen molar-refractivity contribution in [2.45, 2.75) is 59.7 Å². The molecule has 4 aromatic rings. The van der Waals surface area contributed by atoms with Crippen LogP contribution in [0, 0.1) is 12.3 Å². The van der Waals surface area contributed by atoms with Gasteiger partial charge in [-0.15, -0.1) is 0 Å². The van der Waals surface area contributed by atoms with E-state index in [4.69, 9.17) is 4.84 Å². The summed E-state index contributed by atoms with van der Waals surface area (Å²) in [7, 11) is 0. The standard InChI is InChI=1S/C39H40IN3O/c1-27-19-21-30(22-20-27)38-42(26-29-13-7-6-8-14-29)37(41-44-38)24-23-33(40)36(25-28(2)39(3,4)5)43-34-17-11-9-15-31(34)32-16-10-12-18-35(32)43/h6-9,11-15,17-23,25,38H,2,10,16,24,26H2,1,3-5H3/b33-23-,36-25+. The lowest BCUT2D eigenvalue weighted by Crippen LogP contribution is -2.30. The van der Waals surface area contributed by atoms with Gasteiger partial charge in [-0.05, 0) is 82.7 Å². The van der Waals surface area contributed by atoms with E-state index < -0.39 is 0 Å². The van der Waals surface area contributed by atoms with Gasteiger partial charge in [0.15, 0.2) is 5.84 Å². The van der Waals surface area contributed by atoms with E-state index in [9.17, 15) is 0 Å². The van der Waals surface area contributed by atoms with Crippen molar-refractivity contribution in [2.24, 2.45) is 10.6 Å². The molecule has 0 amide bonds. The van der Waals surface area contributed by atoms with E-state index in [0.717, 1.165) is 39.1 Å². The van der Waals surface area contributed by atoms with Crippen LogP contribution in [-0.2, 0) is 17.8 Å². The van der Waals surface area contributed by atoms with Gasteiger partial charge < -0.3 is 14.3 Å². The Bertz CT molecular complexity index is 1800. The van der Waals surface area contributed by atoms with Gasteiger partial charge in [0.05, 0.1) is 11.2 Å². The summed E-state index contributed by atoms with van der Waals surface area (Å²) in [6.45, 7) is 14.0. The number of allylic oxidation sites excluding steroid dienone is 5. The molecule has 4 nitrogen and oxygen atoms in total. The van der Waals surface area contributed by atoms with Gasteiger partial charge in [-0.1, -0.05) is 123 Å². The lowest BCUT2D eigenvalue weighted by Gasteiger charge is -2.26. The maximum Gasteiger partial charge on any atom is 0.227 e. The van der Waals surface area contributed by atoms with Gasteiger partial charge >= 0.3 is 0 Å². The fourth-order valence-corrected chi connectivity index (χ4v) is 6.41. The average Bonchev–Trinajstić information content (AvgIpc) is 3.57. The van der Waals surface area contributed by atoms with Crippen LogP contribution in [0.15, 0.2) is 118 Å². The molecular formula is C39H40IN3O. The van der Waals surface area contributed by atoms with E-state index in [1.807, 2.05) is 0 Å². The van der Waals surface area contributed by atoms with E-state index in [1.165, 1.54) is 33.3 Å². The molecule has 0 N–H and O–H groups in total. The number of fused-ring (bicyclic) bond motifs is 3. The monoisotopic (exact) mass is 693 g/mol. The van der Waals surface area contributed by atoms with Crippen LogP contribution in [0.4, 0.5) is 0 Å². The summed E-state index contributed by atoms with van der Waals surface area (Å²) in [6.07, 6.45) is 11.6. The van der Waals surface area contributed by atoms with Crippen LogP contribution in [0.2, 0.25) is 0 Å². The number of halogens is 1. The molecule has 1 aromatic heterocycles. The molecule has 1 atom stereocenters. The zero-order valence-electron chi connectivity index (χ0n) is 26.1. The smallest absolute Gasteiger partial charge is 0.227 e. The second-order valence-electron chi connectivity index (χ2n) is 12.7. The summed E-state index contributed by atoms with van der Waals surface area (Å²) in [4.78, 5) is 8.41. The van der Waals surface area contributed by atoms with Crippen molar-refractivity contribution in [3.05, 3.63) is 141 Å². The minimum atomic E-state index is -0.266. The number of hydrogen-bond donors (Lipinski definition) is 0. The topological polar surface area (TPSA) is 29.8 Å². The van der Waals surface area contributed by atoms with Crippen molar-refractivity contribution >= 4 is 51.1 Å². The molecule has 0 radical (unpaired) electrons. The Kier molecular flexibility index (Phi) is 8.68. The third-order valence-corrected chi connectivity index (χ3v) is 9.50. The highest BCUT2D eigenvalue weighted by atomic mass is 127. The largest absolute Gasteiger partial charge is 0.364 e. The SMILES string of the molecule is C=C(/C=C(\C(I)=C\CC1=NOC(c2ccc(C)cc2)N1Cc1ccccc1)n1c2c(c3ccccc31)CCC=C2)C(C)(C)C. The molecule has 224 valence electrons. The molecule has 1 aliphatic heterocycles. The summed E-state index contributed by atoms with van der Waals surface area (Å²) in [5, 5.41) is 5.97. The molecule has 0 fully saturated rings. The molecule has 2 aliphatic rings. The minimum Gasteiger partial charge on any atom is -0.364 e. The normalized spacial score (nSPS) is 17.1. The van der Waals surface area contributed by atoms with Gasteiger partial charge in [0.25, 0.3) is 0 Å². The lowest BCUT2D eigenvalue weighted by atomic mass is 9.87. The number of nitrogens with zero attached hydrogens (tertiary/aromatic N) is 3. The van der Waals surface area contributed by atoms with Crippen LogP contribution in [-0.4, -0.2) is 15.3 Å². The minimum absolute atomic E-state index is 0.0574. The second kappa shape index (κ2) is 12.6. The Hall–Kier alpha value is -3.84. The summed E-state index contributed by atoms with van der Waals surface area (Å²) in [5.41, 5.74) is 9.63. The van der Waals surface area contributed by atoms with E-state index in [-0.39, 0.29) is 11.6 Å². The van der Waals surface area contributed by atoms with Gasteiger partial charge in [-0.2, -0.15) is 0 Å². The van der Waals surface area contributed by atoms with Crippen LogP contribution in [0.25, 0.3) is 22.7 Å². The molecular weight excluding hydrogens is 653 g/mol. The van der Waals surface area contributed by atoms with Crippen molar-refractivity contribution in [2.75, 3.05) is 0 Å². The first-order chi connectivity index (χ1) is 21.2. The summed E-state index contributed by atoms with van der Waals surface area (Å²) >= 11 is 2.50. The number of benzene rings is 3. The van der Waals surface area contributed by atoms with Crippen molar-refractivity contribution in [1.29, 1.82) is 0 Å². The van der Waals surface area contributed by atoms with Crippen molar-refractivity contribution in [3.8, 4) is 0 Å². The zero-order chi connectivity index (χ0) is 30.8. The molecule has 1 aliphatic carbocycles. The Balaban J connectivity index is 1.39. The quantitative estimate of drug-likeness (QED) is 0.136. The Morgan fingerprint density at radius 3 is 2.50 bits per heavy atom. The van der Waals surface area contributed by atoms with E-state index in [0.29, 0.717) is 13.0 Å². The summed E-state index contributed by atoms with van der Waals surface area (Å²) in [5.74, 6) is 0.918. The maximum atomic E-state index is 6.12. The molecule has 0 saturated carbocycles. The second-order valence-corrected chi connectivity index (χ2v) is 13.9. The third-order valence-electron chi connectivity index (χ3n) is 8.51. The summed E-state index contributed by atoms with van der Waals surface area (Å²) < 4.78 is 3.58. The molecule has 0 spiro atoms. The number of aromatic nitrogens is 1. The molecule has 44 heavy (non-hydrogen) atoms. The highest BCUT2D eigenvalue weighted by Crippen LogP contribution is 2.39. The predicted molar refractivity (Wildman–Crippen MR) is 193 cm³/mol. The highest BCUT2D eigenvalue weighted by Gasteiger charge is 2.31. The van der Waals surface area contributed by atoms with Gasteiger partial charge in [0, 0.05) is 33.2 Å². The Morgan fingerprint density at radius 2 is 1.75 bits per heavy atom. The maximum absolute atomic E-state index is 6.12. The van der Waals surface area contributed by atoms with Gasteiger partial charge in [0.2, 0.25) is 6.23 Å². The average molecular weight is 694 g/mol. The fraction of sp³-hybridized carbons (Fsp3) is 0.256. The molecule has 2 heterocycles. The summed E-state index contributed by atoms with van der Waals surface area (Å²) in [6, 6.07) is 27.9. The first-order valence-electron chi connectivity index (χ1n) is 15.4. The zero-order valence-corrected chi connectivity index (χ0v) is 28.2. The molecule has 0 saturated heterocycles. The van der Waals surface area contributed by atoms with Crippen LogP contribution in [0.3, 0.4) is 0 Å². The Morgan fingerprint density at radius 1 is 1.02 bits per heavy atom. The molecule has 6 rings (SSSR count). The van der Waals surface area contributed by atoms with Gasteiger partial charge in [0.1, 0.15) is 0 Å². The number of aryl methyl sites for hydroxylation is 2. The number of hydrogen-bond acceptors (Lipinski definition) is 3. The van der Waals surface area contributed by atoms with E-state index >= 15 is 0 Å². The number of para-hydroxylation sites is 1. The first kappa shape index (κ1) is 30.2. The highest BCUT2D eigenvalue weighted by molar-refractivity contribution is 14.1. The van der Waals surface area contributed by atoms with Crippen molar-refractivity contribution in [3.63, 3.8) is 0 Å². The number of amidine groups is 1. The van der Waals surface area contributed by atoms with Crippen molar-refractivity contribution in [1.82, 2.24) is 9.47 Å². The predicted octanol–water partition coefficient (Wildman–Crippen LogP) is 10.6. The molecule has 5 heteroatoms. The van der Waals surface area contributed by atoms with Crippen molar-refractivity contribution < 1.29 is 4.84 Å². The Labute approximate surface area is 275 Å². The van der Waals surface area contributed by atoms with Crippen LogP contribution >= 0.6 is 22.6 Å². The van der Waals surface area contributed by atoms with Crippen LogP contribution in [0.5, 0.6) is 0 Å². The third kappa shape index (κ3) is 6.20. The first-order valence-corrected chi connectivity index (χ1v) is 16.4. The fourth-order valence-electron chi connectivity index (χ4n) is 5.79. The van der Waals surface area contributed by atoms with E-state index in [1.54, 1.807) is 0 Å². The molecule has 1 unspecified atom stereocenters. The number of rotatable bonds is 8. The van der Waals surface area contributed by atoms with Crippen LogP contribution in [0.1, 0.15) is 67.8 Å².